The Morgan fingerprint density at radius 2 is 1.78 bits per heavy atom. The fraction of sp³-hybridized carbons (Fsp3) is 0.650. The Hall–Kier alpha value is -1.22. The molecule has 0 radical (unpaired) electrons. The van der Waals surface area contributed by atoms with E-state index in [1.807, 2.05) is 18.2 Å². The molecule has 2 rings (SSSR count). The van der Waals surface area contributed by atoms with E-state index < -0.39 is 0 Å². The maximum absolute atomic E-state index is 5.37. The van der Waals surface area contributed by atoms with Crippen LogP contribution in [0.5, 0.6) is 11.5 Å². The van der Waals surface area contributed by atoms with Crippen molar-refractivity contribution >= 4 is 29.9 Å². The van der Waals surface area contributed by atoms with Gasteiger partial charge in [0, 0.05) is 33.9 Å². The van der Waals surface area contributed by atoms with Crippen LogP contribution in [0.25, 0.3) is 0 Å². The summed E-state index contributed by atoms with van der Waals surface area (Å²) in [6.07, 6.45) is 6.24. The lowest BCUT2D eigenvalue weighted by atomic mass is 9.83. The molecule has 0 bridgehead atoms. The van der Waals surface area contributed by atoms with E-state index in [9.17, 15) is 0 Å². The van der Waals surface area contributed by atoms with Crippen molar-refractivity contribution < 1.29 is 14.2 Å². The third kappa shape index (κ3) is 7.03. The van der Waals surface area contributed by atoms with Gasteiger partial charge >= 0.3 is 0 Å². The average molecular weight is 491 g/mol. The Morgan fingerprint density at radius 1 is 1.07 bits per heavy atom. The summed E-state index contributed by atoms with van der Waals surface area (Å²) in [5, 5.41) is 6.89. The van der Waals surface area contributed by atoms with Crippen LogP contribution in [-0.4, -0.2) is 47.5 Å². The summed E-state index contributed by atoms with van der Waals surface area (Å²) in [6.45, 7) is 2.42. The van der Waals surface area contributed by atoms with Gasteiger partial charge in [-0.3, -0.25) is 4.99 Å². The van der Waals surface area contributed by atoms with Crippen molar-refractivity contribution in [2.75, 3.05) is 41.5 Å². The van der Waals surface area contributed by atoms with Gasteiger partial charge in [0.05, 0.1) is 14.2 Å². The Morgan fingerprint density at radius 3 is 2.37 bits per heavy atom. The smallest absolute Gasteiger partial charge is 0.191 e. The highest BCUT2D eigenvalue weighted by Crippen LogP contribution is 2.40. The number of nitrogens with zero attached hydrogens (tertiary/aromatic N) is 1. The molecule has 2 N–H and O–H groups in total. The zero-order valence-corrected chi connectivity index (χ0v) is 19.3. The molecule has 1 fully saturated rings. The van der Waals surface area contributed by atoms with Gasteiger partial charge in [0.25, 0.3) is 0 Å². The van der Waals surface area contributed by atoms with E-state index >= 15 is 0 Å². The maximum Gasteiger partial charge on any atom is 0.191 e. The molecular weight excluding hydrogens is 457 g/mol. The van der Waals surface area contributed by atoms with Gasteiger partial charge in [0.2, 0.25) is 0 Å². The van der Waals surface area contributed by atoms with E-state index in [1.54, 1.807) is 28.4 Å². The van der Waals surface area contributed by atoms with Gasteiger partial charge in [-0.25, -0.2) is 0 Å². The molecule has 0 unspecified atom stereocenters. The number of ether oxygens (including phenoxy) is 3. The molecule has 1 aromatic rings. The third-order valence-electron chi connectivity index (χ3n) is 5.26. The minimum Gasteiger partial charge on any atom is -0.493 e. The van der Waals surface area contributed by atoms with Gasteiger partial charge in [0.1, 0.15) is 0 Å². The molecule has 0 heterocycles. The molecule has 0 saturated heterocycles. The lowest BCUT2D eigenvalue weighted by molar-refractivity contribution is 0.138. The van der Waals surface area contributed by atoms with Crippen molar-refractivity contribution in [3.8, 4) is 11.5 Å². The summed E-state index contributed by atoms with van der Waals surface area (Å²) in [7, 11) is 6.88. The molecule has 154 valence electrons. The van der Waals surface area contributed by atoms with E-state index in [2.05, 4.69) is 15.6 Å². The highest BCUT2D eigenvalue weighted by Gasteiger charge is 2.33. The SMILES string of the molecule is CN=C(NCc1ccc(OC)c(OC)c1)NCC1(CCOC)CCCC1.I. The van der Waals surface area contributed by atoms with E-state index in [0.29, 0.717) is 12.0 Å². The number of halogens is 1. The van der Waals surface area contributed by atoms with Crippen molar-refractivity contribution in [1.29, 1.82) is 0 Å². The highest BCUT2D eigenvalue weighted by atomic mass is 127. The number of guanidine groups is 1. The van der Waals surface area contributed by atoms with Crippen LogP contribution in [0.4, 0.5) is 0 Å². The van der Waals surface area contributed by atoms with Gasteiger partial charge in [-0.05, 0) is 42.4 Å². The second-order valence-corrected chi connectivity index (χ2v) is 6.92. The third-order valence-corrected chi connectivity index (χ3v) is 5.26. The minimum absolute atomic E-state index is 0. The highest BCUT2D eigenvalue weighted by molar-refractivity contribution is 14.0. The summed E-state index contributed by atoms with van der Waals surface area (Å²) in [4.78, 5) is 4.36. The molecule has 7 heteroatoms. The number of aliphatic imine (C=N–C) groups is 1. The van der Waals surface area contributed by atoms with E-state index in [1.165, 1.54) is 25.7 Å². The van der Waals surface area contributed by atoms with Gasteiger partial charge in [0.15, 0.2) is 17.5 Å². The van der Waals surface area contributed by atoms with Gasteiger partial charge < -0.3 is 24.8 Å². The minimum atomic E-state index is 0. The predicted molar refractivity (Wildman–Crippen MR) is 121 cm³/mol. The number of nitrogens with one attached hydrogen (secondary N) is 2. The predicted octanol–water partition coefficient (Wildman–Crippen LogP) is 3.58. The molecular formula is C20H34IN3O3. The zero-order valence-electron chi connectivity index (χ0n) is 17.0. The summed E-state index contributed by atoms with van der Waals surface area (Å²) in [5.41, 5.74) is 1.44. The maximum atomic E-state index is 5.37. The first kappa shape index (κ1) is 23.8. The molecule has 0 amide bonds. The Balaban J connectivity index is 0.00000364. The summed E-state index contributed by atoms with van der Waals surface area (Å²) in [6, 6.07) is 5.93. The van der Waals surface area contributed by atoms with Crippen molar-refractivity contribution in [3.05, 3.63) is 23.8 Å². The fourth-order valence-electron chi connectivity index (χ4n) is 3.63. The molecule has 6 nitrogen and oxygen atoms in total. The fourth-order valence-corrected chi connectivity index (χ4v) is 3.63. The first-order valence-electron chi connectivity index (χ1n) is 9.31. The van der Waals surface area contributed by atoms with E-state index in [-0.39, 0.29) is 24.0 Å². The molecule has 1 saturated carbocycles. The second kappa shape index (κ2) is 12.3. The summed E-state index contributed by atoms with van der Waals surface area (Å²) >= 11 is 0. The number of rotatable bonds is 9. The number of hydrogen-bond acceptors (Lipinski definition) is 4. The van der Waals surface area contributed by atoms with Crippen molar-refractivity contribution in [1.82, 2.24) is 10.6 Å². The van der Waals surface area contributed by atoms with E-state index in [4.69, 9.17) is 14.2 Å². The van der Waals surface area contributed by atoms with Gasteiger partial charge in [-0.2, -0.15) is 0 Å². The van der Waals surface area contributed by atoms with Crippen LogP contribution >= 0.6 is 24.0 Å². The van der Waals surface area contributed by atoms with Crippen LogP contribution in [0.15, 0.2) is 23.2 Å². The van der Waals surface area contributed by atoms with E-state index in [0.717, 1.165) is 42.6 Å². The quantitative estimate of drug-likeness (QED) is 0.314. The van der Waals surface area contributed by atoms with Crippen LogP contribution < -0.4 is 20.1 Å². The molecule has 0 spiro atoms. The van der Waals surface area contributed by atoms with Crippen LogP contribution in [0.1, 0.15) is 37.7 Å². The number of methoxy groups -OCH3 is 3. The lowest BCUT2D eigenvalue weighted by Crippen LogP contribution is -2.43. The molecule has 0 aromatic heterocycles. The van der Waals surface area contributed by atoms with Crippen molar-refractivity contribution in [3.63, 3.8) is 0 Å². The second-order valence-electron chi connectivity index (χ2n) is 6.92. The Labute approximate surface area is 180 Å². The first-order valence-corrected chi connectivity index (χ1v) is 9.31. The van der Waals surface area contributed by atoms with Crippen molar-refractivity contribution in [2.45, 2.75) is 38.6 Å². The van der Waals surface area contributed by atoms with Gasteiger partial charge in [-0.15, -0.1) is 24.0 Å². The van der Waals surface area contributed by atoms with Crippen LogP contribution in [-0.2, 0) is 11.3 Å². The first-order chi connectivity index (χ1) is 12.7. The largest absolute Gasteiger partial charge is 0.493 e. The summed E-state index contributed by atoms with van der Waals surface area (Å²) in [5.74, 6) is 2.29. The van der Waals surface area contributed by atoms with Crippen LogP contribution in [0, 0.1) is 5.41 Å². The lowest BCUT2D eigenvalue weighted by Gasteiger charge is -2.30. The topological polar surface area (TPSA) is 64.1 Å². The molecule has 1 aromatic carbocycles. The number of benzene rings is 1. The molecule has 0 atom stereocenters. The normalized spacial score (nSPS) is 15.8. The zero-order chi connectivity index (χ0) is 18.8. The average Bonchev–Trinajstić information content (AvgIpc) is 3.15. The Bertz CT molecular complexity index is 590. The van der Waals surface area contributed by atoms with Crippen LogP contribution in [0.3, 0.4) is 0 Å². The van der Waals surface area contributed by atoms with Gasteiger partial charge in [-0.1, -0.05) is 18.9 Å². The molecule has 0 aliphatic heterocycles. The molecule has 1 aliphatic rings. The standard InChI is InChI=1S/C20H33N3O3.HI/c1-21-19(23-15-20(11-12-24-2)9-5-6-10-20)22-14-16-7-8-17(25-3)18(13-16)26-4;/h7-8,13H,5-6,9-12,14-15H2,1-4H3,(H2,21,22,23);1H. The van der Waals surface area contributed by atoms with Crippen LogP contribution in [0.2, 0.25) is 0 Å². The van der Waals surface area contributed by atoms with Crippen molar-refractivity contribution in [2.24, 2.45) is 10.4 Å². The Kier molecular flexibility index (Phi) is 10.8. The molecule has 1 aliphatic carbocycles. The monoisotopic (exact) mass is 491 g/mol. The number of hydrogen-bond donors (Lipinski definition) is 2. The summed E-state index contributed by atoms with van der Waals surface area (Å²) < 4.78 is 16.0. The molecule has 27 heavy (non-hydrogen) atoms.